The average Bonchev–Trinajstić information content (AvgIpc) is 2.95. The van der Waals surface area contributed by atoms with Crippen LogP contribution in [0.2, 0.25) is 0 Å². The topological polar surface area (TPSA) is 49.4 Å². The lowest BCUT2D eigenvalue weighted by Crippen LogP contribution is -2.49. The van der Waals surface area contributed by atoms with Crippen molar-refractivity contribution in [2.45, 2.75) is 32.9 Å². The summed E-state index contributed by atoms with van der Waals surface area (Å²) in [7, 11) is 0. The number of hydrogen-bond acceptors (Lipinski definition) is 2. The van der Waals surface area contributed by atoms with E-state index in [9.17, 15) is 9.59 Å². The number of fused-ring (bicyclic) bond motifs is 1. The first-order valence-corrected chi connectivity index (χ1v) is 8.76. The van der Waals surface area contributed by atoms with Crippen molar-refractivity contribution >= 4 is 11.8 Å². The zero-order valence-corrected chi connectivity index (χ0v) is 14.7. The van der Waals surface area contributed by atoms with Crippen molar-refractivity contribution in [3.63, 3.8) is 0 Å². The summed E-state index contributed by atoms with van der Waals surface area (Å²) in [6, 6.07) is 17.0. The number of carbonyl (C=O) groups is 2. The molecule has 1 aliphatic rings. The van der Waals surface area contributed by atoms with Gasteiger partial charge < -0.3 is 10.2 Å². The SMILES string of the molecule is CC(C)CNC(=O)[C@@H](Cc1ccccc1)N1Cc2ccccc2C1=O. The van der Waals surface area contributed by atoms with Gasteiger partial charge in [-0.2, -0.15) is 0 Å². The summed E-state index contributed by atoms with van der Waals surface area (Å²) in [6.07, 6.45) is 0.518. The summed E-state index contributed by atoms with van der Waals surface area (Å²) >= 11 is 0. The van der Waals surface area contributed by atoms with Gasteiger partial charge in [0, 0.05) is 25.1 Å². The first kappa shape index (κ1) is 17.2. The first-order valence-electron chi connectivity index (χ1n) is 8.76. The molecule has 4 heteroatoms. The Balaban J connectivity index is 1.84. The second kappa shape index (κ2) is 7.51. The van der Waals surface area contributed by atoms with E-state index >= 15 is 0 Å². The van der Waals surface area contributed by atoms with Crippen LogP contribution in [0, 0.1) is 5.92 Å². The van der Waals surface area contributed by atoms with Crippen molar-refractivity contribution in [1.82, 2.24) is 10.2 Å². The summed E-state index contributed by atoms with van der Waals surface area (Å²) in [6.45, 7) is 5.22. The maximum absolute atomic E-state index is 12.8. The maximum Gasteiger partial charge on any atom is 0.255 e. The van der Waals surface area contributed by atoms with Crippen molar-refractivity contribution in [1.29, 1.82) is 0 Å². The fraction of sp³-hybridized carbons (Fsp3) is 0.333. The highest BCUT2D eigenvalue weighted by Gasteiger charge is 2.36. The molecule has 25 heavy (non-hydrogen) atoms. The van der Waals surface area contributed by atoms with Crippen molar-refractivity contribution in [2.75, 3.05) is 6.54 Å². The van der Waals surface area contributed by atoms with E-state index in [1.165, 1.54) is 0 Å². The zero-order chi connectivity index (χ0) is 17.8. The number of amides is 2. The van der Waals surface area contributed by atoms with Crippen LogP contribution in [0.1, 0.15) is 35.3 Å². The van der Waals surface area contributed by atoms with E-state index in [1.807, 2.05) is 54.6 Å². The minimum atomic E-state index is -0.499. The maximum atomic E-state index is 12.8. The molecule has 2 aromatic rings. The van der Waals surface area contributed by atoms with E-state index in [0.717, 1.165) is 11.1 Å². The van der Waals surface area contributed by atoms with Gasteiger partial charge in [0.15, 0.2) is 0 Å². The lowest BCUT2D eigenvalue weighted by atomic mass is 10.0. The Labute approximate surface area is 148 Å². The number of nitrogens with zero attached hydrogens (tertiary/aromatic N) is 1. The third kappa shape index (κ3) is 3.90. The van der Waals surface area contributed by atoms with Crippen molar-refractivity contribution < 1.29 is 9.59 Å². The molecular weight excluding hydrogens is 312 g/mol. The molecule has 1 atom stereocenters. The average molecular weight is 336 g/mol. The highest BCUT2D eigenvalue weighted by Crippen LogP contribution is 2.26. The molecule has 0 aromatic heterocycles. The Bertz CT molecular complexity index is 756. The van der Waals surface area contributed by atoms with Crippen LogP contribution in [0.4, 0.5) is 0 Å². The smallest absolute Gasteiger partial charge is 0.255 e. The number of rotatable bonds is 6. The molecule has 2 aromatic carbocycles. The molecule has 3 rings (SSSR count). The third-order valence-electron chi connectivity index (χ3n) is 4.48. The molecule has 0 bridgehead atoms. The lowest BCUT2D eigenvalue weighted by Gasteiger charge is -2.27. The van der Waals surface area contributed by atoms with E-state index in [2.05, 4.69) is 19.2 Å². The quantitative estimate of drug-likeness (QED) is 0.881. The predicted molar refractivity (Wildman–Crippen MR) is 98.1 cm³/mol. The molecule has 0 unspecified atom stereocenters. The minimum Gasteiger partial charge on any atom is -0.354 e. The molecule has 0 saturated heterocycles. The summed E-state index contributed by atoms with van der Waals surface area (Å²) in [5.41, 5.74) is 2.75. The van der Waals surface area contributed by atoms with E-state index < -0.39 is 6.04 Å². The molecule has 1 N–H and O–H groups in total. The van der Waals surface area contributed by atoms with Gasteiger partial charge in [-0.25, -0.2) is 0 Å². The molecule has 0 aliphatic carbocycles. The molecule has 0 saturated carbocycles. The molecular formula is C21H24N2O2. The molecule has 0 fully saturated rings. The summed E-state index contributed by atoms with van der Waals surface area (Å²) in [5, 5.41) is 2.99. The van der Waals surface area contributed by atoms with Gasteiger partial charge in [0.25, 0.3) is 5.91 Å². The normalized spacial score (nSPS) is 14.5. The molecule has 1 heterocycles. The van der Waals surface area contributed by atoms with Crippen LogP contribution in [0.3, 0.4) is 0 Å². The third-order valence-corrected chi connectivity index (χ3v) is 4.48. The first-order chi connectivity index (χ1) is 12.1. The Kier molecular flexibility index (Phi) is 5.17. The van der Waals surface area contributed by atoms with Gasteiger partial charge in [-0.3, -0.25) is 9.59 Å². The van der Waals surface area contributed by atoms with E-state index in [1.54, 1.807) is 4.90 Å². The minimum absolute atomic E-state index is 0.0590. The van der Waals surface area contributed by atoms with E-state index in [-0.39, 0.29) is 11.8 Å². The lowest BCUT2D eigenvalue weighted by molar-refractivity contribution is -0.125. The highest BCUT2D eigenvalue weighted by atomic mass is 16.2. The van der Waals surface area contributed by atoms with Crippen LogP contribution in [-0.4, -0.2) is 29.3 Å². The largest absolute Gasteiger partial charge is 0.354 e. The van der Waals surface area contributed by atoms with Crippen molar-refractivity contribution in [2.24, 2.45) is 5.92 Å². The number of carbonyl (C=O) groups excluding carboxylic acids is 2. The van der Waals surface area contributed by atoms with Crippen molar-refractivity contribution in [3.8, 4) is 0 Å². The zero-order valence-electron chi connectivity index (χ0n) is 14.7. The van der Waals surface area contributed by atoms with Crippen molar-refractivity contribution in [3.05, 3.63) is 71.3 Å². The molecule has 130 valence electrons. The van der Waals surface area contributed by atoms with Crippen LogP contribution < -0.4 is 5.32 Å². The molecule has 0 radical (unpaired) electrons. The van der Waals surface area contributed by atoms with Crippen LogP contribution in [0.15, 0.2) is 54.6 Å². The van der Waals surface area contributed by atoms with Crippen LogP contribution in [0.25, 0.3) is 0 Å². The van der Waals surface area contributed by atoms with Gasteiger partial charge in [-0.05, 0) is 23.1 Å². The van der Waals surface area contributed by atoms with Crippen LogP contribution >= 0.6 is 0 Å². The van der Waals surface area contributed by atoms with Gasteiger partial charge in [0.2, 0.25) is 5.91 Å². The molecule has 2 amide bonds. The second-order valence-corrected chi connectivity index (χ2v) is 6.93. The Morgan fingerprint density at radius 3 is 2.44 bits per heavy atom. The molecule has 4 nitrogen and oxygen atoms in total. The van der Waals surface area contributed by atoms with Gasteiger partial charge in [-0.15, -0.1) is 0 Å². The van der Waals surface area contributed by atoms with Crippen LogP contribution in [-0.2, 0) is 17.8 Å². The fourth-order valence-electron chi connectivity index (χ4n) is 3.13. The number of hydrogen-bond donors (Lipinski definition) is 1. The van der Waals surface area contributed by atoms with Gasteiger partial charge in [0.1, 0.15) is 6.04 Å². The Morgan fingerprint density at radius 2 is 1.76 bits per heavy atom. The number of nitrogens with one attached hydrogen (secondary N) is 1. The number of benzene rings is 2. The van der Waals surface area contributed by atoms with Gasteiger partial charge in [-0.1, -0.05) is 62.4 Å². The fourth-order valence-corrected chi connectivity index (χ4v) is 3.13. The van der Waals surface area contributed by atoms with Gasteiger partial charge >= 0.3 is 0 Å². The highest BCUT2D eigenvalue weighted by molar-refractivity contribution is 6.01. The van der Waals surface area contributed by atoms with E-state index in [0.29, 0.717) is 31.0 Å². The summed E-state index contributed by atoms with van der Waals surface area (Å²) in [4.78, 5) is 27.3. The Hall–Kier alpha value is -2.62. The van der Waals surface area contributed by atoms with Crippen LogP contribution in [0.5, 0.6) is 0 Å². The summed E-state index contributed by atoms with van der Waals surface area (Å²) in [5.74, 6) is 0.225. The summed E-state index contributed by atoms with van der Waals surface area (Å²) < 4.78 is 0. The molecule has 0 spiro atoms. The standard InChI is InChI=1S/C21H24N2O2/c1-15(2)13-22-20(24)19(12-16-8-4-3-5-9-16)23-14-17-10-6-7-11-18(17)21(23)25/h3-11,15,19H,12-14H2,1-2H3,(H,22,24)/t19-/m1/s1. The second-order valence-electron chi connectivity index (χ2n) is 6.93. The predicted octanol–water partition coefficient (Wildman–Crippen LogP) is 3.03. The molecule has 1 aliphatic heterocycles. The monoisotopic (exact) mass is 336 g/mol. The van der Waals surface area contributed by atoms with Gasteiger partial charge in [0.05, 0.1) is 0 Å². The van der Waals surface area contributed by atoms with E-state index in [4.69, 9.17) is 0 Å². The Morgan fingerprint density at radius 1 is 1.08 bits per heavy atom.